The third-order valence-electron chi connectivity index (χ3n) is 2.54. The number of ether oxygens (including phenoxy) is 1. The quantitative estimate of drug-likeness (QED) is 0.728. The fraction of sp³-hybridized carbons (Fsp3) is 0.600. The summed E-state index contributed by atoms with van der Waals surface area (Å²) < 4.78 is 5.14. The predicted octanol–water partition coefficient (Wildman–Crippen LogP) is 3.56. The van der Waals surface area contributed by atoms with Gasteiger partial charge >= 0.3 is 0 Å². The zero-order valence-electron chi connectivity index (χ0n) is 11.9. The van der Waals surface area contributed by atoms with Crippen LogP contribution in [-0.2, 0) is 11.3 Å². The van der Waals surface area contributed by atoms with Gasteiger partial charge in [-0.25, -0.2) is 0 Å². The summed E-state index contributed by atoms with van der Waals surface area (Å²) in [7, 11) is 1.75. The van der Waals surface area contributed by atoms with Gasteiger partial charge in [0.05, 0.1) is 6.61 Å². The lowest BCUT2D eigenvalue weighted by atomic mass is 10.2. The molecular weight excluding hydrogens is 242 g/mol. The normalized spacial score (nSPS) is 12.9. The van der Waals surface area contributed by atoms with Crippen molar-refractivity contribution in [2.45, 2.75) is 37.5 Å². The Morgan fingerprint density at radius 1 is 1.17 bits per heavy atom. The second-order valence-corrected chi connectivity index (χ2v) is 6.56. The van der Waals surface area contributed by atoms with E-state index < -0.39 is 0 Å². The highest BCUT2D eigenvalue weighted by Gasteiger charge is 2.03. The van der Waals surface area contributed by atoms with Gasteiger partial charge in [-0.05, 0) is 30.2 Å². The van der Waals surface area contributed by atoms with E-state index in [-0.39, 0.29) is 0 Å². The van der Waals surface area contributed by atoms with Gasteiger partial charge in [0.2, 0.25) is 0 Å². The molecule has 1 atom stereocenters. The number of nitrogens with one attached hydrogen (secondary N) is 1. The minimum atomic E-state index is 0.500. The van der Waals surface area contributed by atoms with Crippen molar-refractivity contribution in [3.63, 3.8) is 0 Å². The van der Waals surface area contributed by atoms with Crippen LogP contribution in [0.3, 0.4) is 0 Å². The lowest BCUT2D eigenvalue weighted by molar-refractivity contribution is 0.203. The Hall–Kier alpha value is -0.510. The largest absolute Gasteiger partial charge is 0.384 e. The Bertz CT molecular complexity index is 324. The van der Waals surface area contributed by atoms with Crippen LogP contribution in [0.4, 0.5) is 0 Å². The summed E-state index contributed by atoms with van der Waals surface area (Å²) in [4.78, 5) is 1.31. The van der Waals surface area contributed by atoms with Crippen LogP contribution in [0.2, 0.25) is 0 Å². The molecule has 1 aromatic rings. The molecule has 3 heteroatoms. The molecule has 0 fully saturated rings. The van der Waals surface area contributed by atoms with Crippen molar-refractivity contribution in [3.8, 4) is 0 Å². The van der Waals surface area contributed by atoms with Crippen LogP contribution in [0.25, 0.3) is 0 Å². The number of rotatable bonds is 8. The van der Waals surface area contributed by atoms with E-state index in [0.29, 0.717) is 11.2 Å². The zero-order chi connectivity index (χ0) is 13.4. The van der Waals surface area contributed by atoms with Crippen molar-refractivity contribution in [1.29, 1.82) is 0 Å². The molecule has 0 aromatic heterocycles. The molecule has 1 N–H and O–H groups in total. The number of methoxy groups -OCH3 is 1. The van der Waals surface area contributed by atoms with Crippen molar-refractivity contribution < 1.29 is 4.74 Å². The number of hydrogen-bond donors (Lipinski definition) is 1. The first-order chi connectivity index (χ1) is 8.61. The second kappa shape index (κ2) is 8.57. The highest BCUT2D eigenvalue weighted by molar-refractivity contribution is 8.00. The average molecular weight is 267 g/mol. The van der Waals surface area contributed by atoms with Crippen LogP contribution in [0.5, 0.6) is 0 Å². The van der Waals surface area contributed by atoms with E-state index in [4.69, 9.17) is 4.74 Å². The molecular formula is C15H25NOS. The number of benzene rings is 1. The molecule has 0 radical (unpaired) electrons. The molecule has 0 spiro atoms. The van der Waals surface area contributed by atoms with Crippen molar-refractivity contribution >= 4 is 11.8 Å². The standard InChI is InChI=1S/C15H25NOS/c1-12(2)9-16-10-14-5-7-15(8-6-14)18-13(3)11-17-4/h5-8,12-13,16H,9-11H2,1-4H3. The molecule has 0 heterocycles. The summed E-state index contributed by atoms with van der Waals surface area (Å²) in [5, 5.41) is 3.95. The van der Waals surface area contributed by atoms with Gasteiger partial charge in [0, 0.05) is 23.8 Å². The van der Waals surface area contributed by atoms with Crippen LogP contribution in [0.1, 0.15) is 26.3 Å². The van der Waals surface area contributed by atoms with E-state index in [9.17, 15) is 0 Å². The highest BCUT2D eigenvalue weighted by Crippen LogP contribution is 2.23. The molecule has 1 unspecified atom stereocenters. The first-order valence-corrected chi connectivity index (χ1v) is 7.45. The lowest BCUT2D eigenvalue weighted by Crippen LogP contribution is -2.18. The van der Waals surface area contributed by atoms with E-state index in [1.165, 1.54) is 10.5 Å². The molecule has 0 bridgehead atoms. The van der Waals surface area contributed by atoms with Crippen molar-refractivity contribution in [2.24, 2.45) is 5.92 Å². The molecule has 0 saturated carbocycles. The monoisotopic (exact) mass is 267 g/mol. The molecule has 0 saturated heterocycles. The zero-order valence-corrected chi connectivity index (χ0v) is 12.7. The topological polar surface area (TPSA) is 21.3 Å². The maximum Gasteiger partial charge on any atom is 0.0582 e. The summed E-state index contributed by atoms with van der Waals surface area (Å²) in [6, 6.07) is 8.80. The van der Waals surface area contributed by atoms with Gasteiger partial charge in [0.15, 0.2) is 0 Å². The molecule has 0 amide bonds. The Kier molecular flexibility index (Phi) is 7.40. The third-order valence-corrected chi connectivity index (χ3v) is 3.63. The Labute approximate surface area is 116 Å². The fourth-order valence-electron chi connectivity index (χ4n) is 1.69. The van der Waals surface area contributed by atoms with E-state index >= 15 is 0 Å². The van der Waals surface area contributed by atoms with Crippen molar-refractivity contribution in [3.05, 3.63) is 29.8 Å². The van der Waals surface area contributed by atoms with Gasteiger partial charge in [-0.3, -0.25) is 0 Å². The summed E-state index contributed by atoms with van der Waals surface area (Å²) in [6.45, 7) is 9.46. The number of hydrogen-bond acceptors (Lipinski definition) is 3. The molecule has 2 nitrogen and oxygen atoms in total. The van der Waals surface area contributed by atoms with Gasteiger partial charge in [0.1, 0.15) is 0 Å². The molecule has 1 aromatic carbocycles. The average Bonchev–Trinajstić information content (AvgIpc) is 2.31. The molecule has 0 aliphatic carbocycles. The Morgan fingerprint density at radius 3 is 2.39 bits per heavy atom. The lowest BCUT2D eigenvalue weighted by Gasteiger charge is -2.11. The predicted molar refractivity (Wildman–Crippen MR) is 80.2 cm³/mol. The van der Waals surface area contributed by atoms with E-state index in [2.05, 4.69) is 50.4 Å². The summed E-state index contributed by atoms with van der Waals surface area (Å²) in [5.74, 6) is 0.703. The first-order valence-electron chi connectivity index (χ1n) is 6.57. The molecule has 0 aliphatic rings. The second-order valence-electron chi connectivity index (χ2n) is 5.05. The van der Waals surface area contributed by atoms with Gasteiger partial charge < -0.3 is 10.1 Å². The Morgan fingerprint density at radius 2 is 1.83 bits per heavy atom. The summed E-state index contributed by atoms with van der Waals surface area (Å²) in [6.07, 6.45) is 0. The third kappa shape index (κ3) is 6.43. The van der Waals surface area contributed by atoms with Crippen LogP contribution in [-0.4, -0.2) is 25.5 Å². The highest BCUT2D eigenvalue weighted by atomic mass is 32.2. The van der Waals surface area contributed by atoms with Gasteiger partial charge in [-0.1, -0.05) is 32.9 Å². The van der Waals surface area contributed by atoms with Crippen molar-refractivity contribution in [1.82, 2.24) is 5.32 Å². The van der Waals surface area contributed by atoms with E-state index in [0.717, 1.165) is 19.7 Å². The molecule has 102 valence electrons. The van der Waals surface area contributed by atoms with E-state index in [1.54, 1.807) is 7.11 Å². The van der Waals surface area contributed by atoms with Crippen LogP contribution < -0.4 is 5.32 Å². The minimum Gasteiger partial charge on any atom is -0.384 e. The Balaban J connectivity index is 2.37. The molecule has 18 heavy (non-hydrogen) atoms. The minimum absolute atomic E-state index is 0.500. The van der Waals surface area contributed by atoms with Gasteiger partial charge in [-0.2, -0.15) is 0 Å². The maximum atomic E-state index is 5.14. The van der Waals surface area contributed by atoms with Crippen molar-refractivity contribution in [2.75, 3.05) is 20.3 Å². The van der Waals surface area contributed by atoms with Gasteiger partial charge in [0.25, 0.3) is 0 Å². The molecule has 0 aliphatic heterocycles. The molecule has 1 rings (SSSR count). The first kappa shape index (κ1) is 15.5. The fourth-order valence-corrected chi connectivity index (χ4v) is 2.65. The smallest absolute Gasteiger partial charge is 0.0582 e. The van der Waals surface area contributed by atoms with E-state index in [1.807, 2.05) is 11.8 Å². The van der Waals surface area contributed by atoms with Gasteiger partial charge in [-0.15, -0.1) is 11.8 Å². The van der Waals surface area contributed by atoms with Crippen LogP contribution in [0.15, 0.2) is 29.2 Å². The summed E-state index contributed by atoms with van der Waals surface area (Å²) in [5.41, 5.74) is 1.35. The number of thioether (sulfide) groups is 1. The van der Waals surface area contributed by atoms with Crippen LogP contribution >= 0.6 is 11.8 Å². The summed E-state index contributed by atoms with van der Waals surface area (Å²) >= 11 is 1.86. The maximum absolute atomic E-state index is 5.14. The van der Waals surface area contributed by atoms with Crippen LogP contribution in [0, 0.1) is 5.92 Å². The SMILES string of the molecule is COCC(C)Sc1ccc(CNCC(C)C)cc1.